The molecule has 0 fully saturated rings. The summed E-state index contributed by atoms with van der Waals surface area (Å²) in [5.41, 5.74) is 2.59. The summed E-state index contributed by atoms with van der Waals surface area (Å²) in [6.45, 7) is 0. The lowest BCUT2D eigenvalue weighted by Gasteiger charge is -1.99. The second-order valence-electron chi connectivity index (χ2n) is 3.49. The Balaban J connectivity index is 2.19. The Hall–Kier alpha value is -2.30. The molecule has 0 N–H and O–H groups in total. The molecule has 3 aromatic rings. The van der Waals surface area contributed by atoms with Gasteiger partial charge in [0.2, 0.25) is 0 Å². The molecule has 0 saturated heterocycles. The molecule has 0 aliphatic heterocycles. The fraction of sp³-hybridized carbons (Fsp3) is 0.0909. The zero-order valence-electron chi connectivity index (χ0n) is 8.70. The first-order valence-electron chi connectivity index (χ1n) is 4.89. The van der Waals surface area contributed by atoms with Crippen LogP contribution >= 0.6 is 0 Å². The van der Waals surface area contributed by atoms with E-state index in [1.165, 1.54) is 0 Å². The molecule has 0 aliphatic rings. The Bertz CT molecular complexity index is 629. The van der Waals surface area contributed by atoms with Crippen LogP contribution in [0.15, 0.2) is 37.1 Å². The summed E-state index contributed by atoms with van der Waals surface area (Å²) in [7, 11) is 1.92. The molecule has 3 rings (SSSR count). The quantitative estimate of drug-likeness (QED) is 0.611. The van der Waals surface area contributed by atoms with Crippen LogP contribution in [0.25, 0.3) is 22.6 Å². The predicted octanol–water partition coefficient (Wildman–Crippen LogP) is 1.43. The van der Waals surface area contributed by atoms with Gasteiger partial charge in [0.1, 0.15) is 5.52 Å². The van der Waals surface area contributed by atoms with E-state index in [2.05, 4.69) is 19.9 Å². The van der Waals surface area contributed by atoms with Crippen LogP contribution in [0.2, 0.25) is 0 Å². The van der Waals surface area contributed by atoms with E-state index in [1.807, 2.05) is 23.7 Å². The van der Waals surface area contributed by atoms with Gasteiger partial charge in [-0.3, -0.25) is 4.98 Å². The van der Waals surface area contributed by atoms with Crippen molar-refractivity contribution in [3.8, 4) is 11.4 Å². The lowest BCUT2D eigenvalue weighted by Crippen LogP contribution is -1.91. The molecule has 0 bridgehead atoms. The van der Waals surface area contributed by atoms with Gasteiger partial charge in [-0.15, -0.1) is 0 Å². The zero-order valence-corrected chi connectivity index (χ0v) is 8.70. The molecular formula is C11H9N5. The number of aryl methyl sites for hydroxylation is 1. The number of hydrogen-bond donors (Lipinski definition) is 0. The van der Waals surface area contributed by atoms with Gasteiger partial charge in [-0.1, -0.05) is 0 Å². The minimum Gasteiger partial charge on any atom is -0.331 e. The van der Waals surface area contributed by atoms with Crippen molar-refractivity contribution in [2.45, 2.75) is 0 Å². The van der Waals surface area contributed by atoms with Gasteiger partial charge in [0, 0.05) is 25.0 Å². The Morgan fingerprint density at radius 2 is 1.94 bits per heavy atom. The molecule has 0 unspecified atom stereocenters. The number of pyridine rings is 1. The Labute approximate surface area is 91.8 Å². The maximum absolute atomic E-state index is 4.40. The molecule has 0 atom stereocenters. The molecule has 0 spiro atoms. The molecule has 78 valence electrons. The van der Waals surface area contributed by atoms with Gasteiger partial charge < -0.3 is 4.57 Å². The summed E-state index contributed by atoms with van der Waals surface area (Å²) < 4.78 is 1.89. The van der Waals surface area contributed by atoms with Crippen LogP contribution in [0.4, 0.5) is 0 Å². The molecule has 5 nitrogen and oxygen atoms in total. The molecule has 0 amide bonds. The summed E-state index contributed by atoms with van der Waals surface area (Å²) in [5.74, 6) is 0.675. The van der Waals surface area contributed by atoms with Crippen molar-refractivity contribution in [1.82, 2.24) is 24.5 Å². The topological polar surface area (TPSA) is 56.5 Å². The standard InChI is InChI=1S/C11H9N5/c1-16-7-14-11-9(16)6-13-10(15-11)8-2-4-12-5-3-8/h2-7H,1H3. The third kappa shape index (κ3) is 1.33. The first-order chi connectivity index (χ1) is 7.84. The van der Waals surface area contributed by atoms with E-state index in [9.17, 15) is 0 Å². The maximum Gasteiger partial charge on any atom is 0.181 e. The van der Waals surface area contributed by atoms with Crippen molar-refractivity contribution in [2.24, 2.45) is 7.05 Å². The van der Waals surface area contributed by atoms with E-state index in [0.717, 1.165) is 11.1 Å². The van der Waals surface area contributed by atoms with E-state index in [4.69, 9.17) is 0 Å². The smallest absolute Gasteiger partial charge is 0.181 e. The van der Waals surface area contributed by atoms with E-state index >= 15 is 0 Å². The van der Waals surface area contributed by atoms with Gasteiger partial charge >= 0.3 is 0 Å². The number of aromatic nitrogens is 5. The minimum absolute atomic E-state index is 0.675. The fourth-order valence-electron chi connectivity index (χ4n) is 1.55. The average molecular weight is 211 g/mol. The Morgan fingerprint density at radius 1 is 1.12 bits per heavy atom. The SMILES string of the molecule is Cn1cnc2nc(-c3ccncc3)ncc21. The molecule has 0 saturated carbocycles. The summed E-state index contributed by atoms with van der Waals surface area (Å²) in [4.78, 5) is 16.9. The molecule has 3 aromatic heterocycles. The van der Waals surface area contributed by atoms with Crippen molar-refractivity contribution in [3.05, 3.63) is 37.1 Å². The molecular weight excluding hydrogens is 202 g/mol. The number of fused-ring (bicyclic) bond motifs is 1. The summed E-state index contributed by atoms with van der Waals surface area (Å²) in [5, 5.41) is 0. The van der Waals surface area contributed by atoms with Gasteiger partial charge in [0.05, 0.1) is 12.5 Å². The third-order valence-electron chi connectivity index (χ3n) is 2.42. The number of hydrogen-bond acceptors (Lipinski definition) is 4. The highest BCUT2D eigenvalue weighted by Crippen LogP contribution is 2.15. The van der Waals surface area contributed by atoms with Crippen LogP contribution < -0.4 is 0 Å². The lowest BCUT2D eigenvalue weighted by molar-refractivity contribution is 0.944. The molecule has 0 aromatic carbocycles. The summed E-state index contributed by atoms with van der Waals surface area (Å²) in [6, 6.07) is 3.76. The zero-order chi connectivity index (χ0) is 11.0. The third-order valence-corrected chi connectivity index (χ3v) is 2.42. The van der Waals surface area contributed by atoms with E-state index in [-0.39, 0.29) is 0 Å². The van der Waals surface area contributed by atoms with Crippen molar-refractivity contribution in [3.63, 3.8) is 0 Å². The predicted molar refractivity (Wildman–Crippen MR) is 59.5 cm³/mol. The molecule has 5 heteroatoms. The van der Waals surface area contributed by atoms with Gasteiger partial charge in [-0.25, -0.2) is 15.0 Å². The minimum atomic E-state index is 0.675. The van der Waals surface area contributed by atoms with Crippen molar-refractivity contribution in [1.29, 1.82) is 0 Å². The average Bonchev–Trinajstić information content (AvgIpc) is 2.72. The van der Waals surface area contributed by atoms with Crippen molar-refractivity contribution in [2.75, 3.05) is 0 Å². The lowest BCUT2D eigenvalue weighted by atomic mass is 10.2. The van der Waals surface area contributed by atoms with Gasteiger partial charge in [-0.05, 0) is 12.1 Å². The number of rotatable bonds is 1. The van der Waals surface area contributed by atoms with Gasteiger partial charge in [0.25, 0.3) is 0 Å². The highest BCUT2D eigenvalue weighted by Gasteiger charge is 2.05. The second kappa shape index (κ2) is 3.37. The van der Waals surface area contributed by atoms with Crippen LogP contribution in [-0.4, -0.2) is 24.5 Å². The first-order valence-corrected chi connectivity index (χ1v) is 4.89. The number of imidazole rings is 1. The van der Waals surface area contributed by atoms with Crippen LogP contribution in [0.1, 0.15) is 0 Å². The maximum atomic E-state index is 4.40. The van der Waals surface area contributed by atoms with Crippen LogP contribution in [-0.2, 0) is 7.05 Å². The normalized spacial score (nSPS) is 10.8. The van der Waals surface area contributed by atoms with Gasteiger partial charge in [0.15, 0.2) is 11.5 Å². The van der Waals surface area contributed by atoms with Crippen LogP contribution in [0.5, 0.6) is 0 Å². The second-order valence-corrected chi connectivity index (χ2v) is 3.49. The Morgan fingerprint density at radius 3 is 2.75 bits per heavy atom. The van der Waals surface area contributed by atoms with E-state index in [0.29, 0.717) is 11.5 Å². The molecule has 0 radical (unpaired) electrons. The van der Waals surface area contributed by atoms with Gasteiger partial charge in [-0.2, -0.15) is 0 Å². The van der Waals surface area contributed by atoms with E-state index < -0.39 is 0 Å². The van der Waals surface area contributed by atoms with Crippen molar-refractivity contribution < 1.29 is 0 Å². The summed E-state index contributed by atoms with van der Waals surface area (Å²) >= 11 is 0. The highest BCUT2D eigenvalue weighted by molar-refractivity contribution is 5.72. The first kappa shape index (κ1) is 8.96. The Kier molecular flexibility index (Phi) is 1.89. The molecule has 0 aliphatic carbocycles. The molecule has 3 heterocycles. The monoisotopic (exact) mass is 211 g/mol. The van der Waals surface area contributed by atoms with Crippen LogP contribution in [0.3, 0.4) is 0 Å². The largest absolute Gasteiger partial charge is 0.331 e. The highest BCUT2D eigenvalue weighted by atomic mass is 15.1. The number of nitrogens with zero attached hydrogens (tertiary/aromatic N) is 5. The van der Waals surface area contributed by atoms with E-state index in [1.54, 1.807) is 24.9 Å². The van der Waals surface area contributed by atoms with Crippen LogP contribution in [0, 0.1) is 0 Å². The molecule has 16 heavy (non-hydrogen) atoms. The summed E-state index contributed by atoms with van der Waals surface area (Å²) in [6.07, 6.45) is 6.96. The fourth-order valence-corrected chi connectivity index (χ4v) is 1.55. The van der Waals surface area contributed by atoms with Crippen molar-refractivity contribution >= 4 is 11.2 Å².